The molecule has 2 rings (SSSR count). The lowest BCUT2D eigenvalue weighted by molar-refractivity contribution is -0.118. The molecule has 1 heterocycles. The molecule has 6 heteroatoms. The van der Waals surface area contributed by atoms with E-state index in [1.54, 1.807) is 30.3 Å². The fourth-order valence-electron chi connectivity index (χ4n) is 1.83. The summed E-state index contributed by atoms with van der Waals surface area (Å²) in [6.07, 6.45) is 0.552. The minimum atomic E-state index is -0.886. The number of carbonyl (C=O) groups is 1. The number of aromatic nitrogens is 1. The summed E-state index contributed by atoms with van der Waals surface area (Å²) in [6, 6.07) is 8.38. The number of nitrogens with one attached hydrogen (secondary N) is 1. The van der Waals surface area contributed by atoms with Crippen molar-refractivity contribution in [3.05, 3.63) is 57.8 Å². The van der Waals surface area contributed by atoms with Crippen molar-refractivity contribution >= 4 is 34.8 Å². The summed E-state index contributed by atoms with van der Waals surface area (Å²) in [7, 11) is 0. The average molecular weight is 325 g/mol. The van der Waals surface area contributed by atoms with Gasteiger partial charge in [-0.15, -0.1) is 0 Å². The summed E-state index contributed by atoms with van der Waals surface area (Å²) in [5, 5.41) is 13.7. The Kier molecular flexibility index (Phi) is 5.17. The number of pyridine rings is 1. The van der Waals surface area contributed by atoms with Crippen molar-refractivity contribution in [1.29, 1.82) is 0 Å². The first kappa shape index (κ1) is 15.8. The van der Waals surface area contributed by atoms with Crippen molar-refractivity contribution in [1.82, 2.24) is 4.98 Å². The molecule has 0 fully saturated rings. The Labute approximate surface area is 132 Å². The number of hydrogen-bond acceptors (Lipinski definition) is 3. The first-order chi connectivity index (χ1) is 9.95. The van der Waals surface area contributed by atoms with Crippen LogP contribution in [0.15, 0.2) is 36.5 Å². The lowest BCUT2D eigenvalue weighted by atomic mass is 10.1. The quantitative estimate of drug-likeness (QED) is 0.842. The van der Waals surface area contributed by atoms with Crippen LogP contribution in [0.25, 0.3) is 0 Å². The Hall–Kier alpha value is -1.62. The second-order valence-corrected chi connectivity index (χ2v) is 5.47. The number of aryl methyl sites for hydroxylation is 1. The van der Waals surface area contributed by atoms with E-state index in [-0.39, 0.29) is 12.3 Å². The fourth-order valence-corrected chi connectivity index (χ4v) is 2.17. The minimum absolute atomic E-state index is 0.0519. The van der Waals surface area contributed by atoms with E-state index in [0.717, 1.165) is 5.56 Å². The zero-order valence-electron chi connectivity index (χ0n) is 11.3. The van der Waals surface area contributed by atoms with Crippen LogP contribution in [0.4, 0.5) is 5.69 Å². The van der Waals surface area contributed by atoms with Crippen molar-refractivity contribution in [2.24, 2.45) is 0 Å². The number of aliphatic hydroxyl groups excluding tert-OH is 1. The average Bonchev–Trinajstić information content (AvgIpc) is 2.42. The summed E-state index contributed by atoms with van der Waals surface area (Å²) in [5.74, 6) is -0.301. The zero-order chi connectivity index (χ0) is 15.4. The monoisotopic (exact) mass is 324 g/mol. The number of anilines is 1. The number of carbonyl (C=O) groups excluding carboxylic acids is 1. The van der Waals surface area contributed by atoms with Gasteiger partial charge in [0.15, 0.2) is 0 Å². The van der Waals surface area contributed by atoms with Crippen LogP contribution < -0.4 is 5.32 Å². The molecule has 0 aliphatic carbocycles. The topological polar surface area (TPSA) is 62.2 Å². The number of rotatable bonds is 4. The van der Waals surface area contributed by atoms with Crippen LogP contribution in [-0.4, -0.2) is 16.0 Å². The van der Waals surface area contributed by atoms with Gasteiger partial charge in [-0.1, -0.05) is 35.3 Å². The highest BCUT2D eigenvalue weighted by Gasteiger charge is 2.14. The van der Waals surface area contributed by atoms with Gasteiger partial charge in [-0.2, -0.15) is 0 Å². The highest BCUT2D eigenvalue weighted by atomic mass is 35.5. The Morgan fingerprint density at radius 3 is 2.62 bits per heavy atom. The molecule has 0 bridgehead atoms. The molecule has 1 amide bonds. The van der Waals surface area contributed by atoms with Gasteiger partial charge in [0.25, 0.3) is 0 Å². The van der Waals surface area contributed by atoms with Crippen molar-refractivity contribution in [2.75, 3.05) is 5.32 Å². The molecular weight excluding hydrogens is 311 g/mol. The molecule has 0 saturated heterocycles. The maximum absolute atomic E-state index is 11.9. The molecule has 1 unspecified atom stereocenters. The maximum atomic E-state index is 11.9. The number of halogens is 2. The predicted molar refractivity (Wildman–Crippen MR) is 83.6 cm³/mol. The largest absolute Gasteiger partial charge is 0.388 e. The van der Waals surface area contributed by atoms with E-state index in [1.165, 1.54) is 6.20 Å². The maximum Gasteiger partial charge on any atom is 0.227 e. The first-order valence-electron chi connectivity index (χ1n) is 6.31. The van der Waals surface area contributed by atoms with Gasteiger partial charge in [0.1, 0.15) is 5.15 Å². The normalized spacial score (nSPS) is 12.0. The summed E-state index contributed by atoms with van der Waals surface area (Å²) in [5.41, 5.74) is 2.03. The van der Waals surface area contributed by atoms with Gasteiger partial charge < -0.3 is 10.4 Å². The van der Waals surface area contributed by atoms with E-state index < -0.39 is 6.10 Å². The third-order valence-electron chi connectivity index (χ3n) is 2.99. The standard InChI is InChI=1S/C15H14Cl2N2O2/c1-9-6-14(17)18-8-12(9)19-15(21)7-13(20)10-2-4-11(16)5-3-10/h2-6,8,13,20H,7H2,1H3,(H,19,21). The van der Waals surface area contributed by atoms with Crippen LogP contribution in [0.3, 0.4) is 0 Å². The van der Waals surface area contributed by atoms with Gasteiger partial charge in [0.2, 0.25) is 5.91 Å². The molecule has 4 nitrogen and oxygen atoms in total. The van der Waals surface area contributed by atoms with Crippen LogP contribution in [-0.2, 0) is 4.79 Å². The van der Waals surface area contributed by atoms with Gasteiger partial charge in [0, 0.05) is 5.02 Å². The number of nitrogens with zero attached hydrogens (tertiary/aromatic N) is 1. The molecule has 0 radical (unpaired) electrons. The number of aliphatic hydroxyl groups is 1. The van der Waals surface area contributed by atoms with Crippen molar-refractivity contribution in [3.63, 3.8) is 0 Å². The van der Waals surface area contributed by atoms with Crippen molar-refractivity contribution < 1.29 is 9.90 Å². The highest BCUT2D eigenvalue weighted by Crippen LogP contribution is 2.21. The predicted octanol–water partition coefficient (Wildman–Crippen LogP) is 3.76. The second kappa shape index (κ2) is 6.89. The van der Waals surface area contributed by atoms with Crippen LogP contribution in [0, 0.1) is 6.92 Å². The van der Waals surface area contributed by atoms with Crippen LogP contribution in [0.5, 0.6) is 0 Å². The molecule has 0 aliphatic rings. The minimum Gasteiger partial charge on any atom is -0.388 e. The van der Waals surface area contributed by atoms with Crippen LogP contribution in [0.1, 0.15) is 23.7 Å². The van der Waals surface area contributed by atoms with Crippen molar-refractivity contribution in [2.45, 2.75) is 19.4 Å². The Bertz CT molecular complexity index is 645. The van der Waals surface area contributed by atoms with E-state index >= 15 is 0 Å². The van der Waals surface area contributed by atoms with E-state index in [9.17, 15) is 9.90 Å². The van der Waals surface area contributed by atoms with E-state index in [0.29, 0.717) is 21.4 Å². The Morgan fingerprint density at radius 1 is 1.33 bits per heavy atom. The molecule has 1 aromatic heterocycles. The van der Waals surface area contributed by atoms with E-state index in [1.807, 2.05) is 6.92 Å². The number of hydrogen-bond donors (Lipinski definition) is 2. The van der Waals surface area contributed by atoms with Gasteiger partial charge in [-0.05, 0) is 36.2 Å². The molecular formula is C15H14Cl2N2O2. The van der Waals surface area contributed by atoms with Gasteiger partial charge in [-0.25, -0.2) is 4.98 Å². The summed E-state index contributed by atoms with van der Waals surface area (Å²) < 4.78 is 0. The molecule has 2 aromatic rings. The molecule has 2 N–H and O–H groups in total. The van der Waals surface area contributed by atoms with E-state index in [2.05, 4.69) is 10.3 Å². The summed E-state index contributed by atoms with van der Waals surface area (Å²) in [4.78, 5) is 15.9. The molecule has 21 heavy (non-hydrogen) atoms. The summed E-state index contributed by atoms with van der Waals surface area (Å²) >= 11 is 11.5. The Balaban J connectivity index is 1.99. The SMILES string of the molecule is Cc1cc(Cl)ncc1NC(=O)CC(O)c1ccc(Cl)cc1. The van der Waals surface area contributed by atoms with Crippen LogP contribution >= 0.6 is 23.2 Å². The Morgan fingerprint density at radius 2 is 2.00 bits per heavy atom. The van der Waals surface area contributed by atoms with E-state index in [4.69, 9.17) is 23.2 Å². The lowest BCUT2D eigenvalue weighted by Gasteiger charge is -2.12. The molecule has 110 valence electrons. The van der Waals surface area contributed by atoms with Gasteiger partial charge >= 0.3 is 0 Å². The number of benzene rings is 1. The van der Waals surface area contributed by atoms with Crippen molar-refractivity contribution in [3.8, 4) is 0 Å². The third kappa shape index (κ3) is 4.43. The second-order valence-electron chi connectivity index (χ2n) is 4.64. The highest BCUT2D eigenvalue weighted by molar-refractivity contribution is 6.30. The summed E-state index contributed by atoms with van der Waals surface area (Å²) in [6.45, 7) is 1.82. The molecule has 1 atom stereocenters. The smallest absolute Gasteiger partial charge is 0.227 e. The van der Waals surface area contributed by atoms with Gasteiger partial charge in [-0.3, -0.25) is 4.79 Å². The van der Waals surface area contributed by atoms with Gasteiger partial charge in [0.05, 0.1) is 24.4 Å². The fraction of sp³-hybridized carbons (Fsp3) is 0.200. The number of amides is 1. The molecule has 1 aromatic carbocycles. The molecule has 0 aliphatic heterocycles. The molecule has 0 spiro atoms. The molecule has 0 saturated carbocycles. The van der Waals surface area contributed by atoms with Crippen LogP contribution in [0.2, 0.25) is 10.2 Å². The zero-order valence-corrected chi connectivity index (χ0v) is 12.8. The third-order valence-corrected chi connectivity index (χ3v) is 3.44. The first-order valence-corrected chi connectivity index (χ1v) is 7.07. The lowest BCUT2D eigenvalue weighted by Crippen LogP contribution is -2.16.